The van der Waals surface area contributed by atoms with Crippen LogP contribution in [0.2, 0.25) is 0 Å². The van der Waals surface area contributed by atoms with Gasteiger partial charge in [0.15, 0.2) is 16.9 Å². The number of carbonyl (C=O) groups excluding carboxylic acids is 1. The minimum atomic E-state index is -5.52. The third kappa shape index (κ3) is 4.42. The van der Waals surface area contributed by atoms with E-state index in [0.29, 0.717) is 4.90 Å². The molecule has 0 unspecified atom stereocenters. The van der Waals surface area contributed by atoms with Crippen LogP contribution in [0.5, 0.6) is 11.5 Å². The highest BCUT2D eigenvalue weighted by molar-refractivity contribution is 5.95. The number of ether oxygens (including phenoxy) is 2. The number of methoxy groups -OCH3 is 1. The summed E-state index contributed by atoms with van der Waals surface area (Å²) in [5.41, 5.74) is -3.15. The average Bonchev–Trinajstić information content (AvgIpc) is 3.19. The molecule has 10 heteroatoms. The summed E-state index contributed by atoms with van der Waals surface area (Å²) in [6, 6.07) is 13.1. The maximum Gasteiger partial charge on any atom is 0.404 e. The van der Waals surface area contributed by atoms with Gasteiger partial charge in [0.05, 0.1) is 7.11 Å². The van der Waals surface area contributed by atoms with Crippen molar-refractivity contribution >= 4 is 5.91 Å². The number of nitrogens with zero attached hydrogens (tertiary/aromatic N) is 1. The van der Waals surface area contributed by atoms with Crippen LogP contribution >= 0.6 is 0 Å². The van der Waals surface area contributed by atoms with E-state index >= 15 is 0 Å². The van der Waals surface area contributed by atoms with Gasteiger partial charge in [-0.3, -0.25) is 4.79 Å². The predicted octanol–water partition coefficient (Wildman–Crippen LogP) is 5.23. The van der Waals surface area contributed by atoms with Crippen molar-refractivity contribution in [3.8, 4) is 11.5 Å². The van der Waals surface area contributed by atoms with Crippen LogP contribution in [-0.4, -0.2) is 43.4 Å². The van der Waals surface area contributed by atoms with Gasteiger partial charge in [-0.05, 0) is 30.2 Å². The second-order valence-corrected chi connectivity index (χ2v) is 7.19. The van der Waals surface area contributed by atoms with Crippen LogP contribution in [0.25, 0.3) is 0 Å². The van der Waals surface area contributed by atoms with Crippen LogP contribution in [0.1, 0.15) is 22.3 Å². The molecule has 1 saturated heterocycles. The average molecular weight is 447 g/mol. The van der Waals surface area contributed by atoms with Crippen molar-refractivity contribution in [1.82, 2.24) is 4.90 Å². The molecule has 0 bridgehead atoms. The molecule has 0 saturated carbocycles. The van der Waals surface area contributed by atoms with Gasteiger partial charge >= 0.3 is 12.4 Å². The molecule has 4 nitrogen and oxygen atoms in total. The number of amides is 1. The minimum absolute atomic E-state index is 0.0935. The lowest BCUT2D eigenvalue weighted by Gasteiger charge is -2.33. The van der Waals surface area contributed by atoms with Gasteiger partial charge in [-0.2, -0.15) is 26.3 Å². The van der Waals surface area contributed by atoms with Crippen molar-refractivity contribution in [2.75, 3.05) is 20.2 Å². The maximum absolute atomic E-state index is 13.3. The van der Waals surface area contributed by atoms with Gasteiger partial charge in [-0.1, -0.05) is 30.3 Å². The number of alkyl halides is 6. The highest BCUT2D eigenvalue weighted by atomic mass is 19.4. The summed E-state index contributed by atoms with van der Waals surface area (Å²) in [6.07, 6.45) is -12.3. The monoisotopic (exact) mass is 447 g/mol. The van der Waals surface area contributed by atoms with Crippen LogP contribution in [0.15, 0.2) is 48.5 Å². The lowest BCUT2D eigenvalue weighted by atomic mass is 9.85. The number of rotatable bonds is 5. The summed E-state index contributed by atoms with van der Waals surface area (Å²) in [4.78, 5) is 13.2. The van der Waals surface area contributed by atoms with E-state index in [1.165, 1.54) is 25.3 Å². The van der Waals surface area contributed by atoms with Gasteiger partial charge in [-0.15, -0.1) is 0 Å². The fraction of sp³-hybridized carbons (Fsp3) is 0.381. The summed E-state index contributed by atoms with van der Waals surface area (Å²) in [7, 11) is 1.31. The largest absolute Gasteiger partial charge is 0.493 e. The molecular weight excluding hydrogens is 428 g/mol. The van der Waals surface area contributed by atoms with E-state index in [0.717, 1.165) is 5.56 Å². The minimum Gasteiger partial charge on any atom is -0.493 e. The van der Waals surface area contributed by atoms with Crippen LogP contribution in [0.4, 0.5) is 26.3 Å². The van der Waals surface area contributed by atoms with Crippen molar-refractivity contribution in [2.24, 2.45) is 5.41 Å². The number of hydrogen-bond acceptors (Lipinski definition) is 3. The Hall–Kier alpha value is -2.91. The summed E-state index contributed by atoms with van der Waals surface area (Å²) < 4.78 is 90.3. The second-order valence-electron chi connectivity index (χ2n) is 7.19. The number of carbonyl (C=O) groups is 1. The van der Waals surface area contributed by atoms with Gasteiger partial charge in [0.2, 0.25) is 0 Å². The smallest absolute Gasteiger partial charge is 0.404 e. The Morgan fingerprint density at radius 3 is 2.19 bits per heavy atom. The molecule has 168 valence electrons. The van der Waals surface area contributed by atoms with Crippen LogP contribution in [0, 0.1) is 5.41 Å². The SMILES string of the molecule is COc1cc(C(=O)N2CCC(C(F)(F)F)(C(F)(F)F)C2)ccc1OCc1ccccc1. The summed E-state index contributed by atoms with van der Waals surface area (Å²) in [5, 5.41) is 0. The first-order chi connectivity index (χ1) is 14.5. The lowest BCUT2D eigenvalue weighted by Crippen LogP contribution is -2.52. The van der Waals surface area contributed by atoms with Crippen LogP contribution in [-0.2, 0) is 6.61 Å². The van der Waals surface area contributed by atoms with Crippen molar-refractivity contribution < 1.29 is 40.6 Å². The topological polar surface area (TPSA) is 38.8 Å². The van der Waals surface area contributed by atoms with Crippen molar-refractivity contribution in [3.05, 3.63) is 59.7 Å². The molecule has 0 aromatic heterocycles. The van der Waals surface area contributed by atoms with E-state index in [-0.39, 0.29) is 23.7 Å². The first kappa shape index (κ1) is 22.8. The maximum atomic E-state index is 13.3. The molecule has 0 N–H and O–H groups in total. The summed E-state index contributed by atoms with van der Waals surface area (Å²) in [6.45, 7) is -1.93. The molecule has 0 aliphatic carbocycles. The van der Waals surface area contributed by atoms with E-state index in [1.54, 1.807) is 0 Å². The Balaban J connectivity index is 1.78. The molecule has 2 aromatic rings. The quantitative estimate of drug-likeness (QED) is 0.590. The number of hydrogen-bond donors (Lipinski definition) is 0. The number of halogens is 6. The van der Waals surface area contributed by atoms with Gasteiger partial charge in [0.1, 0.15) is 6.61 Å². The molecule has 1 aliphatic heterocycles. The predicted molar refractivity (Wildman–Crippen MR) is 98.8 cm³/mol. The Morgan fingerprint density at radius 2 is 1.65 bits per heavy atom. The van der Waals surface area contributed by atoms with Gasteiger partial charge in [0.25, 0.3) is 5.91 Å². The standard InChI is InChI=1S/C21H19F6NO3/c1-30-17-11-15(7-8-16(17)31-12-14-5-3-2-4-6-14)18(29)28-10-9-19(13-28,20(22,23)24)21(25,26)27/h2-8,11H,9-10,12-13H2,1H3. The first-order valence-electron chi connectivity index (χ1n) is 9.26. The first-order valence-corrected chi connectivity index (χ1v) is 9.26. The fourth-order valence-electron chi connectivity index (χ4n) is 3.44. The molecule has 0 atom stereocenters. The van der Waals surface area contributed by atoms with Crippen molar-refractivity contribution in [2.45, 2.75) is 25.4 Å². The Kier molecular flexibility index (Phi) is 6.11. The number of likely N-dealkylation sites (tertiary alicyclic amines) is 1. The highest BCUT2D eigenvalue weighted by Crippen LogP contribution is 2.55. The molecule has 1 aliphatic rings. The van der Waals surface area contributed by atoms with Crippen molar-refractivity contribution in [3.63, 3.8) is 0 Å². The highest BCUT2D eigenvalue weighted by Gasteiger charge is 2.72. The third-order valence-electron chi connectivity index (χ3n) is 5.29. The molecule has 31 heavy (non-hydrogen) atoms. The zero-order valence-corrected chi connectivity index (χ0v) is 16.4. The van der Waals surface area contributed by atoms with Crippen molar-refractivity contribution in [1.29, 1.82) is 0 Å². The molecule has 0 spiro atoms. The molecule has 1 amide bonds. The zero-order chi connectivity index (χ0) is 22.9. The molecule has 3 rings (SSSR count). The van der Waals surface area contributed by atoms with E-state index in [1.807, 2.05) is 30.3 Å². The Labute approximate surface area is 174 Å². The van der Waals surface area contributed by atoms with E-state index in [4.69, 9.17) is 9.47 Å². The Morgan fingerprint density at radius 1 is 1.00 bits per heavy atom. The van der Waals surface area contributed by atoms with E-state index < -0.39 is 43.2 Å². The Bertz CT molecular complexity index is 913. The number of benzene rings is 2. The fourth-order valence-corrected chi connectivity index (χ4v) is 3.44. The van der Waals surface area contributed by atoms with E-state index in [2.05, 4.69) is 0 Å². The second kappa shape index (κ2) is 8.32. The molecule has 1 fully saturated rings. The molecular formula is C21H19F6NO3. The summed E-state index contributed by atoms with van der Waals surface area (Å²) >= 11 is 0. The van der Waals surface area contributed by atoms with Gasteiger partial charge < -0.3 is 14.4 Å². The zero-order valence-electron chi connectivity index (χ0n) is 16.4. The van der Waals surface area contributed by atoms with Gasteiger partial charge in [-0.25, -0.2) is 0 Å². The summed E-state index contributed by atoms with van der Waals surface area (Å²) in [5.74, 6) is -0.522. The van der Waals surface area contributed by atoms with Crippen LogP contribution in [0.3, 0.4) is 0 Å². The third-order valence-corrected chi connectivity index (χ3v) is 5.29. The van der Waals surface area contributed by atoms with E-state index in [9.17, 15) is 31.1 Å². The van der Waals surface area contributed by atoms with Gasteiger partial charge in [0, 0.05) is 18.7 Å². The molecule has 2 aromatic carbocycles. The normalized spacial score (nSPS) is 16.3. The van der Waals surface area contributed by atoms with Crippen LogP contribution < -0.4 is 9.47 Å². The molecule has 0 radical (unpaired) electrons. The molecule has 1 heterocycles. The lowest BCUT2D eigenvalue weighted by molar-refractivity contribution is -0.334.